The van der Waals surface area contributed by atoms with Crippen molar-refractivity contribution >= 4 is 27.8 Å². The van der Waals surface area contributed by atoms with E-state index in [1.165, 1.54) is 7.11 Å². The number of oxazole rings is 1. The van der Waals surface area contributed by atoms with E-state index in [1.54, 1.807) is 7.11 Å². The first-order valence-electron chi connectivity index (χ1n) is 15.6. The van der Waals surface area contributed by atoms with Gasteiger partial charge < -0.3 is 27.9 Å². The monoisotopic (exact) mass is 638 g/mol. The first-order valence-corrected chi connectivity index (χ1v) is 15.6. The number of aromatic nitrogens is 2. The molecule has 8 heteroatoms. The molecule has 0 saturated heterocycles. The lowest BCUT2D eigenvalue weighted by molar-refractivity contribution is -0.149. The highest BCUT2D eigenvalue weighted by Crippen LogP contribution is 2.39. The molecular formula is C40H34N2O6. The third-order valence-electron chi connectivity index (χ3n) is 8.37. The van der Waals surface area contributed by atoms with E-state index in [0.717, 1.165) is 44.2 Å². The molecule has 0 saturated carbocycles. The highest BCUT2D eigenvalue weighted by atomic mass is 16.6. The molecule has 8 nitrogen and oxygen atoms in total. The van der Waals surface area contributed by atoms with Gasteiger partial charge in [0.25, 0.3) is 0 Å². The molecule has 0 aliphatic heterocycles. The number of benzene rings is 5. The lowest BCUT2D eigenvalue weighted by Crippen LogP contribution is -2.20. The molecular weight excluding hydrogens is 604 g/mol. The maximum atomic E-state index is 12.9. The highest BCUT2D eigenvalue weighted by molar-refractivity contribution is 6.11. The second-order valence-corrected chi connectivity index (χ2v) is 11.3. The van der Waals surface area contributed by atoms with Gasteiger partial charge in [0.2, 0.25) is 12.0 Å². The molecule has 5 aromatic carbocycles. The van der Waals surface area contributed by atoms with Crippen molar-refractivity contribution in [2.75, 3.05) is 14.2 Å². The Balaban J connectivity index is 1.18. The Labute approximate surface area is 278 Å². The van der Waals surface area contributed by atoms with Gasteiger partial charge in [-0.25, -0.2) is 9.78 Å². The van der Waals surface area contributed by atoms with Crippen molar-refractivity contribution < 1.29 is 28.2 Å². The van der Waals surface area contributed by atoms with Crippen molar-refractivity contribution in [1.29, 1.82) is 0 Å². The normalized spacial score (nSPS) is 11.8. The Bertz CT molecular complexity index is 2200. The lowest BCUT2D eigenvalue weighted by Gasteiger charge is -2.18. The van der Waals surface area contributed by atoms with E-state index in [1.807, 2.05) is 110 Å². The first-order chi connectivity index (χ1) is 23.5. The minimum Gasteiger partial charge on any atom is -0.493 e. The van der Waals surface area contributed by atoms with Crippen LogP contribution in [0.15, 0.2) is 126 Å². The summed E-state index contributed by atoms with van der Waals surface area (Å²) >= 11 is 0. The largest absolute Gasteiger partial charge is 0.493 e. The summed E-state index contributed by atoms with van der Waals surface area (Å²) in [6.07, 6.45) is -0.910. The molecule has 0 aliphatic carbocycles. The summed E-state index contributed by atoms with van der Waals surface area (Å²) in [4.78, 5) is 17.5. The van der Waals surface area contributed by atoms with Crippen LogP contribution in [0.4, 0.5) is 0 Å². The quantitative estimate of drug-likeness (QED) is 0.131. The maximum Gasteiger partial charge on any atom is 0.351 e. The van der Waals surface area contributed by atoms with Crippen LogP contribution in [0.2, 0.25) is 0 Å². The van der Waals surface area contributed by atoms with E-state index >= 15 is 0 Å². The molecule has 7 aromatic rings. The maximum absolute atomic E-state index is 12.9. The van der Waals surface area contributed by atoms with Gasteiger partial charge in [-0.1, -0.05) is 78.9 Å². The second kappa shape index (κ2) is 13.4. The van der Waals surface area contributed by atoms with Crippen LogP contribution in [0.25, 0.3) is 33.3 Å². The molecule has 0 bridgehead atoms. The molecule has 0 N–H and O–H groups in total. The third kappa shape index (κ3) is 5.96. The molecule has 0 radical (unpaired) electrons. The second-order valence-electron chi connectivity index (χ2n) is 11.3. The number of esters is 1. The molecule has 0 fully saturated rings. The number of hydrogen-bond donors (Lipinski definition) is 0. The summed E-state index contributed by atoms with van der Waals surface area (Å²) in [6.45, 7) is 2.69. The van der Waals surface area contributed by atoms with Crippen LogP contribution in [0.3, 0.4) is 0 Å². The zero-order chi connectivity index (χ0) is 33.0. The third-order valence-corrected chi connectivity index (χ3v) is 8.37. The van der Waals surface area contributed by atoms with Crippen LogP contribution < -0.4 is 14.2 Å². The Morgan fingerprint density at radius 2 is 1.52 bits per heavy atom. The summed E-state index contributed by atoms with van der Waals surface area (Å²) in [5.74, 6) is 2.63. The predicted octanol–water partition coefficient (Wildman–Crippen LogP) is 8.69. The van der Waals surface area contributed by atoms with Crippen molar-refractivity contribution in [2.45, 2.75) is 26.2 Å². The van der Waals surface area contributed by atoms with Crippen LogP contribution >= 0.6 is 0 Å². The zero-order valence-electron chi connectivity index (χ0n) is 26.9. The topological polar surface area (TPSA) is 85.0 Å². The molecule has 0 amide bonds. The number of para-hydroxylation sites is 1. The van der Waals surface area contributed by atoms with E-state index < -0.39 is 12.1 Å². The van der Waals surface area contributed by atoms with Gasteiger partial charge in [0.1, 0.15) is 23.8 Å². The number of aryl methyl sites for hydroxylation is 1. The van der Waals surface area contributed by atoms with Crippen molar-refractivity contribution in [1.82, 2.24) is 9.55 Å². The number of hydrogen-bond acceptors (Lipinski definition) is 7. The summed E-state index contributed by atoms with van der Waals surface area (Å²) in [7, 11) is 3.01. The van der Waals surface area contributed by atoms with Crippen LogP contribution in [-0.4, -0.2) is 29.7 Å². The molecule has 0 aliphatic rings. The van der Waals surface area contributed by atoms with E-state index in [2.05, 4.69) is 27.8 Å². The fourth-order valence-corrected chi connectivity index (χ4v) is 5.97. The Morgan fingerprint density at radius 3 is 2.29 bits per heavy atom. The zero-order valence-corrected chi connectivity index (χ0v) is 26.9. The SMILES string of the molecule is COC(=O)C(Oc1cccc2c1c1ccccc1n2Cc1ccc(OCc2nc(-c3ccccc3)oc2C)c(OC)c1)c1ccccc1. The summed E-state index contributed by atoms with van der Waals surface area (Å²) in [5.41, 5.74) is 5.39. The fraction of sp³-hybridized carbons (Fsp3) is 0.150. The average Bonchev–Trinajstić information content (AvgIpc) is 3.67. The van der Waals surface area contributed by atoms with Gasteiger partial charge >= 0.3 is 5.97 Å². The molecule has 48 heavy (non-hydrogen) atoms. The van der Waals surface area contributed by atoms with Crippen molar-refractivity contribution in [3.63, 3.8) is 0 Å². The van der Waals surface area contributed by atoms with Crippen LogP contribution in [0.5, 0.6) is 17.2 Å². The van der Waals surface area contributed by atoms with E-state index in [0.29, 0.717) is 35.4 Å². The standard InChI is InChI=1S/C40H34N2O6/c1-26-31(41-39(47-26)29-15-8-5-9-16-29)25-46-34-22-21-27(23-36(34)44-2)24-42-32-18-11-10-17-30(32)37-33(42)19-12-20-35(37)48-38(40(43)45-3)28-13-6-4-7-14-28/h4-23,38H,24-25H2,1-3H3. The van der Waals surface area contributed by atoms with Gasteiger partial charge in [0.15, 0.2) is 11.5 Å². The minimum absolute atomic E-state index is 0.239. The molecule has 7 rings (SSSR count). The Morgan fingerprint density at radius 1 is 0.792 bits per heavy atom. The molecule has 2 heterocycles. The Hall–Kier alpha value is -6.02. The first kappa shape index (κ1) is 30.6. The Kier molecular flexibility index (Phi) is 8.53. The van der Waals surface area contributed by atoms with E-state index in [-0.39, 0.29) is 6.61 Å². The minimum atomic E-state index is -0.910. The van der Waals surface area contributed by atoms with Crippen molar-refractivity contribution in [2.24, 2.45) is 0 Å². The fourth-order valence-electron chi connectivity index (χ4n) is 5.97. The highest BCUT2D eigenvalue weighted by Gasteiger charge is 2.25. The number of carbonyl (C=O) groups excluding carboxylic acids is 1. The van der Waals surface area contributed by atoms with Crippen LogP contribution in [0, 0.1) is 6.92 Å². The van der Waals surface area contributed by atoms with Crippen LogP contribution in [0.1, 0.15) is 28.7 Å². The molecule has 1 atom stereocenters. The predicted molar refractivity (Wildman–Crippen MR) is 184 cm³/mol. The summed E-state index contributed by atoms with van der Waals surface area (Å²) in [5, 5.41) is 1.94. The van der Waals surface area contributed by atoms with Gasteiger partial charge in [-0.3, -0.25) is 0 Å². The van der Waals surface area contributed by atoms with Gasteiger partial charge in [-0.2, -0.15) is 0 Å². The number of methoxy groups -OCH3 is 2. The molecule has 1 unspecified atom stereocenters. The smallest absolute Gasteiger partial charge is 0.351 e. The number of carbonyl (C=O) groups is 1. The average molecular weight is 639 g/mol. The molecule has 2 aromatic heterocycles. The van der Waals surface area contributed by atoms with Crippen molar-refractivity contribution in [3.05, 3.63) is 144 Å². The molecule has 0 spiro atoms. The van der Waals surface area contributed by atoms with Gasteiger partial charge in [0.05, 0.1) is 19.7 Å². The van der Waals surface area contributed by atoms with Gasteiger partial charge in [-0.05, 0) is 55.0 Å². The van der Waals surface area contributed by atoms with E-state index in [4.69, 9.17) is 23.4 Å². The number of nitrogens with zero attached hydrogens (tertiary/aromatic N) is 2. The summed E-state index contributed by atoms with van der Waals surface area (Å²) in [6, 6.07) is 39.2. The lowest BCUT2D eigenvalue weighted by atomic mass is 10.1. The number of rotatable bonds is 11. The summed E-state index contributed by atoms with van der Waals surface area (Å²) < 4.78 is 31.7. The van der Waals surface area contributed by atoms with E-state index in [9.17, 15) is 4.79 Å². The van der Waals surface area contributed by atoms with Gasteiger partial charge in [-0.15, -0.1) is 0 Å². The van der Waals surface area contributed by atoms with Crippen LogP contribution in [-0.2, 0) is 22.7 Å². The number of fused-ring (bicyclic) bond motifs is 3. The van der Waals surface area contributed by atoms with Gasteiger partial charge in [0, 0.05) is 34.0 Å². The number of ether oxygens (including phenoxy) is 4. The van der Waals surface area contributed by atoms with Crippen molar-refractivity contribution in [3.8, 4) is 28.7 Å². The molecule has 240 valence electrons.